The van der Waals surface area contributed by atoms with Gasteiger partial charge in [0, 0.05) is 11.5 Å². The molecule has 0 aliphatic heterocycles. The van der Waals surface area contributed by atoms with Crippen molar-refractivity contribution in [3.05, 3.63) is 65.7 Å². The summed E-state index contributed by atoms with van der Waals surface area (Å²) in [5.74, 6) is 1.15. The van der Waals surface area contributed by atoms with Gasteiger partial charge in [-0.15, -0.1) is 0 Å². The zero-order valence-corrected chi connectivity index (χ0v) is 12.2. The predicted octanol–water partition coefficient (Wildman–Crippen LogP) is 4.95. The third-order valence-corrected chi connectivity index (χ3v) is 3.86. The van der Waals surface area contributed by atoms with Crippen LogP contribution >= 0.6 is 0 Å². The fourth-order valence-corrected chi connectivity index (χ4v) is 2.29. The lowest BCUT2D eigenvalue weighted by Crippen LogP contribution is -2.17. The Morgan fingerprint density at radius 3 is 2.05 bits per heavy atom. The first-order valence-electron chi connectivity index (χ1n) is 6.86. The largest absolute Gasteiger partial charge is 0.497 e. The summed E-state index contributed by atoms with van der Waals surface area (Å²) < 4.78 is 5.16. The van der Waals surface area contributed by atoms with Gasteiger partial charge in [-0.05, 0) is 23.6 Å². The van der Waals surface area contributed by atoms with Crippen LogP contribution in [0.15, 0.2) is 54.6 Å². The standard InChI is InChI=1S/C18H20O2.CH4/c1-13(15-9-11-17(20-3)12-10-15)14(2)18(19)16-7-5-4-6-8-16;/h4-14H,1-3H3;1H4. The van der Waals surface area contributed by atoms with Crippen molar-refractivity contribution in [2.45, 2.75) is 27.2 Å². The van der Waals surface area contributed by atoms with Gasteiger partial charge in [-0.25, -0.2) is 0 Å². The highest BCUT2D eigenvalue weighted by molar-refractivity contribution is 5.98. The molecule has 0 amide bonds. The van der Waals surface area contributed by atoms with E-state index in [1.165, 1.54) is 0 Å². The van der Waals surface area contributed by atoms with Crippen LogP contribution in [0.25, 0.3) is 0 Å². The molecule has 2 aromatic carbocycles. The maximum atomic E-state index is 12.5. The monoisotopic (exact) mass is 284 g/mol. The Hall–Kier alpha value is -2.09. The summed E-state index contributed by atoms with van der Waals surface area (Å²) in [6.45, 7) is 4.08. The van der Waals surface area contributed by atoms with Crippen LogP contribution in [0.3, 0.4) is 0 Å². The summed E-state index contributed by atoms with van der Waals surface area (Å²) in [5.41, 5.74) is 1.93. The third-order valence-electron chi connectivity index (χ3n) is 3.86. The molecule has 2 aromatic rings. The third kappa shape index (κ3) is 3.94. The molecular formula is C19H24O2. The highest BCUT2D eigenvalue weighted by atomic mass is 16.5. The number of hydrogen-bond acceptors (Lipinski definition) is 2. The fraction of sp³-hybridized carbons (Fsp3) is 0.316. The first-order chi connectivity index (χ1) is 9.63. The quantitative estimate of drug-likeness (QED) is 0.726. The summed E-state index contributed by atoms with van der Waals surface area (Å²) in [5, 5.41) is 0. The van der Waals surface area contributed by atoms with Crippen LogP contribution in [-0.2, 0) is 0 Å². The van der Waals surface area contributed by atoms with E-state index >= 15 is 0 Å². The number of carbonyl (C=O) groups excluding carboxylic acids is 1. The van der Waals surface area contributed by atoms with E-state index in [0.717, 1.165) is 16.9 Å². The molecule has 0 aliphatic rings. The Bertz CT molecular complexity index is 558. The average molecular weight is 284 g/mol. The minimum Gasteiger partial charge on any atom is -0.497 e. The van der Waals surface area contributed by atoms with Crippen LogP contribution in [0.5, 0.6) is 5.75 Å². The summed E-state index contributed by atoms with van der Waals surface area (Å²) in [6, 6.07) is 17.4. The maximum absolute atomic E-state index is 12.5. The van der Waals surface area contributed by atoms with Gasteiger partial charge in [0.2, 0.25) is 0 Å². The predicted molar refractivity (Wildman–Crippen MR) is 88.1 cm³/mol. The number of ketones is 1. The molecule has 112 valence electrons. The number of ether oxygens (including phenoxy) is 1. The van der Waals surface area contributed by atoms with Crippen LogP contribution in [0.2, 0.25) is 0 Å². The highest BCUT2D eigenvalue weighted by Gasteiger charge is 2.22. The summed E-state index contributed by atoms with van der Waals surface area (Å²) in [6.07, 6.45) is 0. The lowest BCUT2D eigenvalue weighted by molar-refractivity contribution is 0.0915. The van der Waals surface area contributed by atoms with E-state index < -0.39 is 0 Å². The van der Waals surface area contributed by atoms with E-state index in [4.69, 9.17) is 4.74 Å². The maximum Gasteiger partial charge on any atom is 0.166 e. The minimum atomic E-state index is -0.0502. The molecular weight excluding hydrogens is 260 g/mol. The fourth-order valence-electron chi connectivity index (χ4n) is 2.29. The molecule has 0 radical (unpaired) electrons. The molecule has 21 heavy (non-hydrogen) atoms. The van der Waals surface area contributed by atoms with Crippen molar-refractivity contribution in [1.29, 1.82) is 0 Å². The second kappa shape index (κ2) is 7.63. The van der Waals surface area contributed by atoms with Gasteiger partial charge in [-0.1, -0.05) is 63.7 Å². The lowest BCUT2D eigenvalue weighted by atomic mass is 9.84. The van der Waals surface area contributed by atoms with Crippen molar-refractivity contribution in [3.63, 3.8) is 0 Å². The number of hydrogen-bond donors (Lipinski definition) is 0. The molecule has 0 bridgehead atoms. The molecule has 2 heteroatoms. The minimum absolute atomic E-state index is 0. The Morgan fingerprint density at radius 2 is 1.52 bits per heavy atom. The summed E-state index contributed by atoms with van der Waals surface area (Å²) in [7, 11) is 1.65. The van der Waals surface area contributed by atoms with E-state index in [1.807, 2.05) is 61.5 Å². The van der Waals surface area contributed by atoms with Gasteiger partial charge in [0.15, 0.2) is 5.78 Å². The van der Waals surface area contributed by atoms with Gasteiger partial charge in [0.25, 0.3) is 0 Å². The van der Waals surface area contributed by atoms with Gasteiger partial charge >= 0.3 is 0 Å². The van der Waals surface area contributed by atoms with Gasteiger partial charge in [-0.2, -0.15) is 0 Å². The zero-order valence-electron chi connectivity index (χ0n) is 12.2. The van der Waals surface area contributed by atoms with Gasteiger partial charge in [0.1, 0.15) is 5.75 Å². The van der Waals surface area contributed by atoms with Gasteiger partial charge in [-0.3, -0.25) is 4.79 Å². The summed E-state index contributed by atoms with van der Waals surface area (Å²) >= 11 is 0. The molecule has 2 rings (SSSR count). The molecule has 0 heterocycles. The van der Waals surface area contributed by atoms with Gasteiger partial charge in [0.05, 0.1) is 7.11 Å². The number of methoxy groups -OCH3 is 1. The molecule has 0 aliphatic carbocycles. The molecule has 2 nitrogen and oxygen atoms in total. The number of Topliss-reactive ketones (excluding diaryl/α,β-unsaturated/α-hetero) is 1. The molecule has 2 atom stereocenters. The molecule has 0 saturated carbocycles. The van der Waals surface area contributed by atoms with Crippen molar-refractivity contribution in [1.82, 2.24) is 0 Å². The Labute approximate surface area is 127 Å². The Morgan fingerprint density at radius 1 is 0.952 bits per heavy atom. The van der Waals surface area contributed by atoms with Crippen LogP contribution in [-0.4, -0.2) is 12.9 Å². The number of carbonyl (C=O) groups is 1. The van der Waals surface area contributed by atoms with Crippen molar-refractivity contribution < 1.29 is 9.53 Å². The van der Waals surface area contributed by atoms with Crippen molar-refractivity contribution in [3.8, 4) is 5.75 Å². The summed E-state index contributed by atoms with van der Waals surface area (Å²) in [4.78, 5) is 12.5. The molecule has 0 N–H and O–H groups in total. The lowest BCUT2D eigenvalue weighted by Gasteiger charge is -2.19. The van der Waals surface area contributed by atoms with Crippen LogP contribution < -0.4 is 4.74 Å². The van der Waals surface area contributed by atoms with E-state index in [-0.39, 0.29) is 25.0 Å². The first-order valence-corrected chi connectivity index (χ1v) is 6.86. The molecule has 0 fully saturated rings. The van der Waals surface area contributed by atoms with Crippen molar-refractivity contribution in [2.75, 3.05) is 7.11 Å². The molecule has 0 saturated heterocycles. The Kier molecular flexibility index (Phi) is 6.16. The molecule has 0 spiro atoms. The van der Waals surface area contributed by atoms with E-state index in [0.29, 0.717) is 0 Å². The van der Waals surface area contributed by atoms with Crippen LogP contribution in [0.1, 0.15) is 43.1 Å². The molecule has 2 unspecified atom stereocenters. The van der Waals surface area contributed by atoms with E-state index in [1.54, 1.807) is 7.11 Å². The second-order valence-electron chi connectivity index (χ2n) is 5.08. The zero-order chi connectivity index (χ0) is 14.5. The normalized spacial score (nSPS) is 12.9. The average Bonchev–Trinajstić information content (AvgIpc) is 2.53. The van der Waals surface area contributed by atoms with Crippen LogP contribution in [0.4, 0.5) is 0 Å². The molecule has 0 aromatic heterocycles. The van der Waals surface area contributed by atoms with Crippen LogP contribution in [0, 0.1) is 5.92 Å². The van der Waals surface area contributed by atoms with Crippen molar-refractivity contribution in [2.24, 2.45) is 5.92 Å². The smallest absolute Gasteiger partial charge is 0.166 e. The first kappa shape index (κ1) is 17.0. The SMILES string of the molecule is C.COc1ccc(C(C)C(C)C(=O)c2ccccc2)cc1. The topological polar surface area (TPSA) is 26.3 Å². The van der Waals surface area contributed by atoms with Crippen molar-refractivity contribution >= 4 is 5.78 Å². The van der Waals surface area contributed by atoms with E-state index in [9.17, 15) is 4.79 Å². The van der Waals surface area contributed by atoms with Gasteiger partial charge < -0.3 is 4.74 Å². The second-order valence-corrected chi connectivity index (χ2v) is 5.08. The number of benzene rings is 2. The van der Waals surface area contributed by atoms with E-state index in [2.05, 4.69) is 6.92 Å². The number of rotatable bonds is 5. The highest BCUT2D eigenvalue weighted by Crippen LogP contribution is 2.28. The Balaban J connectivity index is 0.00000220.